The van der Waals surface area contributed by atoms with Gasteiger partial charge in [0.1, 0.15) is 16.1 Å². The van der Waals surface area contributed by atoms with Crippen molar-refractivity contribution in [1.29, 1.82) is 0 Å². The summed E-state index contributed by atoms with van der Waals surface area (Å²) >= 11 is 6.32. The van der Waals surface area contributed by atoms with Crippen molar-refractivity contribution in [2.24, 2.45) is 0 Å². The number of amides is 1. The number of benzene rings is 2. The maximum absolute atomic E-state index is 13.0. The molecule has 0 aliphatic carbocycles. The Kier molecular flexibility index (Phi) is 7.09. The van der Waals surface area contributed by atoms with Crippen molar-refractivity contribution in [3.63, 3.8) is 0 Å². The second kappa shape index (κ2) is 9.76. The Labute approximate surface area is 188 Å². The normalized spacial score (nSPS) is 16.9. The molecule has 2 atom stereocenters. The molecule has 1 saturated heterocycles. The van der Waals surface area contributed by atoms with Gasteiger partial charge in [-0.1, -0.05) is 72.5 Å². The number of hydrogen-bond acceptors (Lipinski definition) is 6. The zero-order chi connectivity index (χ0) is 22.5. The summed E-state index contributed by atoms with van der Waals surface area (Å²) in [7, 11) is 0. The summed E-state index contributed by atoms with van der Waals surface area (Å²) in [5, 5.41) is 18.8. The highest BCUT2D eigenvalue weighted by Gasteiger charge is 2.40. The van der Waals surface area contributed by atoms with Crippen LogP contribution in [0.25, 0.3) is 6.08 Å². The number of ether oxygens (including phenoxy) is 1. The number of aliphatic carboxylic acids is 2. The maximum atomic E-state index is 13.0. The Hall–Kier alpha value is -3.17. The zero-order valence-electron chi connectivity index (χ0n) is 16.4. The summed E-state index contributed by atoms with van der Waals surface area (Å²) in [5.74, 6) is -2.49. The number of rotatable bonds is 8. The van der Waals surface area contributed by atoms with E-state index in [1.54, 1.807) is 48.5 Å². The van der Waals surface area contributed by atoms with Crippen LogP contribution in [-0.2, 0) is 20.8 Å². The fraction of sp³-hybridized carbons (Fsp3) is 0.182. The molecule has 0 aromatic heterocycles. The van der Waals surface area contributed by atoms with Crippen molar-refractivity contribution in [2.45, 2.75) is 25.5 Å². The summed E-state index contributed by atoms with van der Waals surface area (Å²) in [4.78, 5) is 37.4. The Morgan fingerprint density at radius 3 is 2.39 bits per heavy atom. The van der Waals surface area contributed by atoms with Gasteiger partial charge in [-0.2, -0.15) is 0 Å². The molecule has 2 aromatic rings. The maximum Gasteiger partial charge on any atom is 0.344 e. The summed E-state index contributed by atoms with van der Waals surface area (Å²) in [5.41, 5.74) is 1.26. The van der Waals surface area contributed by atoms with Crippen LogP contribution < -0.4 is 4.74 Å². The molecule has 9 heteroatoms. The van der Waals surface area contributed by atoms with E-state index in [2.05, 4.69) is 0 Å². The number of carbonyl (C=O) groups excluding carboxylic acids is 1. The number of thiocarbonyl (C=S) groups is 1. The van der Waals surface area contributed by atoms with Crippen LogP contribution in [0.2, 0.25) is 0 Å². The van der Waals surface area contributed by atoms with Crippen LogP contribution in [0.1, 0.15) is 18.1 Å². The van der Waals surface area contributed by atoms with Gasteiger partial charge in [0.25, 0.3) is 5.91 Å². The molecule has 3 rings (SSSR count). The second-order valence-electron chi connectivity index (χ2n) is 6.73. The highest BCUT2D eigenvalue weighted by Crippen LogP contribution is 2.36. The third kappa shape index (κ3) is 5.31. The molecule has 0 spiro atoms. The number of carboxylic acids is 2. The lowest BCUT2D eigenvalue weighted by Gasteiger charge is -2.23. The lowest BCUT2D eigenvalue weighted by atomic mass is 10.0. The number of hydrogen-bond donors (Lipinski definition) is 2. The van der Waals surface area contributed by atoms with Crippen molar-refractivity contribution in [3.05, 3.63) is 70.6 Å². The summed E-state index contributed by atoms with van der Waals surface area (Å²) in [6.45, 7) is 1.40. The fourth-order valence-electron chi connectivity index (χ4n) is 2.96. The first-order chi connectivity index (χ1) is 14.8. The predicted octanol–water partition coefficient (Wildman–Crippen LogP) is 3.44. The highest BCUT2D eigenvalue weighted by atomic mass is 32.2. The third-order valence-electron chi connectivity index (χ3n) is 4.55. The molecule has 1 amide bonds. The van der Waals surface area contributed by atoms with E-state index in [9.17, 15) is 19.5 Å². The van der Waals surface area contributed by atoms with Crippen molar-refractivity contribution in [2.75, 3.05) is 0 Å². The predicted molar refractivity (Wildman–Crippen MR) is 121 cm³/mol. The summed E-state index contributed by atoms with van der Waals surface area (Å²) < 4.78 is 5.62. The van der Waals surface area contributed by atoms with Crippen molar-refractivity contribution in [3.8, 4) is 5.75 Å². The molecular formula is C22H19NO6S2. The van der Waals surface area contributed by atoms with Gasteiger partial charge in [-0.15, -0.1) is 0 Å². The molecule has 1 aliphatic heterocycles. The SMILES string of the molecule is CC(Oc1ccccc1/C=C1\SC(=S)N(C(Cc2ccccc2)C(=O)O)C1=O)C(=O)O. The minimum Gasteiger partial charge on any atom is -0.480 e. The average molecular weight is 458 g/mol. The number of para-hydroxylation sites is 1. The minimum absolute atomic E-state index is 0.117. The Morgan fingerprint density at radius 1 is 1.10 bits per heavy atom. The first-order valence-electron chi connectivity index (χ1n) is 9.30. The zero-order valence-corrected chi connectivity index (χ0v) is 18.1. The van der Waals surface area contributed by atoms with Gasteiger partial charge in [0, 0.05) is 12.0 Å². The van der Waals surface area contributed by atoms with E-state index in [1.807, 2.05) is 6.07 Å². The molecule has 1 heterocycles. The largest absolute Gasteiger partial charge is 0.480 e. The molecule has 2 unspecified atom stereocenters. The second-order valence-corrected chi connectivity index (χ2v) is 8.41. The first kappa shape index (κ1) is 22.5. The van der Waals surface area contributed by atoms with E-state index in [0.29, 0.717) is 11.3 Å². The topological polar surface area (TPSA) is 104 Å². The molecule has 1 fully saturated rings. The molecule has 2 aromatic carbocycles. The van der Waals surface area contributed by atoms with E-state index in [-0.39, 0.29) is 15.6 Å². The lowest BCUT2D eigenvalue weighted by Crippen LogP contribution is -2.45. The van der Waals surface area contributed by atoms with Crippen LogP contribution in [-0.4, -0.2) is 49.4 Å². The van der Waals surface area contributed by atoms with Gasteiger partial charge in [-0.05, 0) is 24.6 Å². The standard InChI is InChI=1S/C22H19NO6S2/c1-13(20(25)26)29-17-10-6-5-9-15(17)12-18-19(24)23(22(30)31-18)16(21(27)28)11-14-7-3-2-4-8-14/h2-10,12-13,16H,11H2,1H3,(H,25,26)(H,27,28)/b18-12-. The summed E-state index contributed by atoms with van der Waals surface area (Å²) in [6.07, 6.45) is 0.572. The van der Waals surface area contributed by atoms with Gasteiger partial charge in [-0.3, -0.25) is 9.69 Å². The van der Waals surface area contributed by atoms with E-state index >= 15 is 0 Å². The van der Waals surface area contributed by atoms with E-state index in [1.165, 1.54) is 13.0 Å². The molecule has 2 N–H and O–H groups in total. The monoisotopic (exact) mass is 457 g/mol. The van der Waals surface area contributed by atoms with Crippen LogP contribution in [0.4, 0.5) is 0 Å². The third-order valence-corrected chi connectivity index (χ3v) is 5.88. The lowest BCUT2D eigenvalue weighted by molar-refractivity contribution is -0.145. The molecule has 0 saturated carbocycles. The van der Waals surface area contributed by atoms with Crippen LogP contribution in [0.5, 0.6) is 5.75 Å². The van der Waals surface area contributed by atoms with Crippen LogP contribution in [0, 0.1) is 0 Å². The van der Waals surface area contributed by atoms with Crippen LogP contribution in [0.3, 0.4) is 0 Å². The molecule has 0 radical (unpaired) electrons. The van der Waals surface area contributed by atoms with E-state index in [0.717, 1.165) is 22.2 Å². The molecular weight excluding hydrogens is 438 g/mol. The van der Waals surface area contributed by atoms with Gasteiger partial charge in [-0.25, -0.2) is 9.59 Å². The van der Waals surface area contributed by atoms with Gasteiger partial charge < -0.3 is 14.9 Å². The van der Waals surface area contributed by atoms with Crippen molar-refractivity contribution >= 4 is 52.2 Å². The van der Waals surface area contributed by atoms with Crippen LogP contribution in [0.15, 0.2) is 59.5 Å². The minimum atomic E-state index is -1.15. The summed E-state index contributed by atoms with van der Waals surface area (Å²) in [6, 6.07) is 14.6. The Balaban J connectivity index is 1.88. The van der Waals surface area contributed by atoms with Gasteiger partial charge in [0.2, 0.25) is 0 Å². The number of carboxylic acid groups (broad SMARTS) is 2. The van der Waals surface area contributed by atoms with E-state index < -0.39 is 30.0 Å². The Morgan fingerprint density at radius 2 is 1.74 bits per heavy atom. The quantitative estimate of drug-likeness (QED) is 0.459. The molecule has 0 bridgehead atoms. The first-order valence-corrected chi connectivity index (χ1v) is 10.5. The highest BCUT2D eigenvalue weighted by molar-refractivity contribution is 8.26. The number of carbonyl (C=O) groups is 3. The smallest absolute Gasteiger partial charge is 0.344 e. The molecule has 31 heavy (non-hydrogen) atoms. The fourth-order valence-corrected chi connectivity index (χ4v) is 4.31. The average Bonchev–Trinajstić information content (AvgIpc) is 3.01. The van der Waals surface area contributed by atoms with Gasteiger partial charge >= 0.3 is 11.9 Å². The number of thioether (sulfide) groups is 1. The Bertz CT molecular complexity index is 1050. The molecule has 7 nitrogen and oxygen atoms in total. The molecule has 160 valence electrons. The molecule has 1 aliphatic rings. The van der Waals surface area contributed by atoms with Gasteiger partial charge in [0.05, 0.1) is 4.91 Å². The van der Waals surface area contributed by atoms with Crippen LogP contribution >= 0.6 is 24.0 Å². The number of nitrogens with zero attached hydrogens (tertiary/aromatic N) is 1. The van der Waals surface area contributed by atoms with Crippen molar-refractivity contribution in [1.82, 2.24) is 4.90 Å². The van der Waals surface area contributed by atoms with Crippen molar-refractivity contribution < 1.29 is 29.3 Å². The van der Waals surface area contributed by atoms with E-state index in [4.69, 9.17) is 22.1 Å². The van der Waals surface area contributed by atoms with Gasteiger partial charge in [0.15, 0.2) is 6.10 Å².